The Morgan fingerprint density at radius 2 is 0.593 bits per heavy atom. The number of hydrogen-bond donors (Lipinski definition) is 0. The van der Waals surface area contributed by atoms with Crippen LogP contribution in [0.15, 0.2) is 204 Å². The van der Waals surface area contributed by atoms with Crippen molar-refractivity contribution in [3.05, 3.63) is 215 Å². The number of nitroso groups, excluding NO2 is 2. The minimum Gasteiger partial charge on any atom is -0.486 e. The molecule has 0 aliphatic carbocycles. The van der Waals surface area contributed by atoms with Gasteiger partial charge in [-0.1, -0.05) is 109 Å². The first kappa shape index (κ1) is 35.2. The first-order valence-corrected chi connectivity index (χ1v) is 21.6. The number of benzene rings is 7. The Morgan fingerprint density at radius 3 is 0.796 bits per heavy atom. The highest BCUT2D eigenvalue weighted by Gasteiger charge is 2.60. The molecule has 0 saturated heterocycles. The van der Waals surface area contributed by atoms with E-state index in [4.69, 9.17) is 9.47 Å². The summed E-state index contributed by atoms with van der Waals surface area (Å²) in [6, 6.07) is 64.9. The zero-order valence-electron chi connectivity index (χ0n) is 29.5. The van der Waals surface area contributed by atoms with Gasteiger partial charge in [0.15, 0.2) is 11.5 Å². The van der Waals surface area contributed by atoms with E-state index in [-0.39, 0.29) is 0 Å². The molecule has 1 aliphatic rings. The highest BCUT2D eigenvalue weighted by atomic mass is 31.2. The third-order valence-corrected chi connectivity index (χ3v) is 19.1. The van der Waals surface area contributed by atoms with Crippen molar-refractivity contribution in [2.45, 2.75) is 11.6 Å². The Kier molecular flexibility index (Phi) is 10.2. The summed E-state index contributed by atoms with van der Waals surface area (Å²) in [6.45, 7) is 0.706. The van der Waals surface area contributed by atoms with E-state index in [1.54, 1.807) is 0 Å². The molecular weight excluding hydrogens is 706 g/mol. The highest BCUT2D eigenvalue weighted by molar-refractivity contribution is 7.96. The van der Waals surface area contributed by atoms with Crippen LogP contribution in [-0.2, 0) is 0 Å². The highest BCUT2D eigenvalue weighted by Crippen LogP contribution is 2.72. The van der Waals surface area contributed by atoms with E-state index in [0.717, 1.165) is 31.8 Å². The van der Waals surface area contributed by atoms with Gasteiger partial charge < -0.3 is 9.47 Å². The Balaban J connectivity index is 1.51. The lowest BCUT2D eigenvalue weighted by Crippen LogP contribution is -2.37. The third-order valence-electron chi connectivity index (χ3n) is 10.2. The van der Waals surface area contributed by atoms with Crippen molar-refractivity contribution >= 4 is 46.4 Å². The quantitative estimate of drug-likeness (QED) is 0.0925. The summed E-state index contributed by atoms with van der Waals surface area (Å²) in [4.78, 5) is 28.3. The van der Waals surface area contributed by atoms with Crippen LogP contribution in [0.25, 0.3) is 0 Å². The average molecular weight is 745 g/mol. The second kappa shape index (κ2) is 15.7. The van der Waals surface area contributed by atoms with Crippen LogP contribution >= 0.6 is 14.5 Å². The van der Waals surface area contributed by atoms with Gasteiger partial charge in [0.25, 0.3) is 0 Å². The SMILES string of the molecule is O=NC(c1cc2c(cc1C(N=O)[P+](c1ccccc1)(c1ccccc1)c1ccccc1)OCCO2)[P+](c1ccccc1)(c1ccccc1)c1ccccc1. The molecule has 0 radical (unpaired) electrons. The summed E-state index contributed by atoms with van der Waals surface area (Å²) < 4.78 is 12.5. The zero-order chi connectivity index (χ0) is 36.8. The molecule has 6 nitrogen and oxygen atoms in total. The van der Waals surface area contributed by atoms with Crippen molar-refractivity contribution in [3.63, 3.8) is 0 Å². The van der Waals surface area contributed by atoms with Crippen LogP contribution in [0.2, 0.25) is 0 Å². The lowest BCUT2D eigenvalue weighted by atomic mass is 10.1. The molecule has 2 unspecified atom stereocenters. The number of ether oxygens (including phenoxy) is 2. The molecule has 2 atom stereocenters. The van der Waals surface area contributed by atoms with Gasteiger partial charge in [-0.15, -0.1) is 9.81 Å². The van der Waals surface area contributed by atoms with Crippen molar-refractivity contribution < 1.29 is 9.47 Å². The second-order valence-electron chi connectivity index (χ2n) is 13.0. The van der Waals surface area contributed by atoms with Gasteiger partial charge in [0.1, 0.15) is 59.6 Å². The van der Waals surface area contributed by atoms with Crippen molar-refractivity contribution in [2.24, 2.45) is 10.4 Å². The van der Waals surface area contributed by atoms with E-state index in [1.165, 1.54) is 0 Å². The van der Waals surface area contributed by atoms with Crippen LogP contribution in [-0.4, -0.2) is 13.2 Å². The summed E-state index contributed by atoms with van der Waals surface area (Å²) in [5.74, 6) is -0.949. The molecule has 7 aromatic rings. The minimum absolute atomic E-state index is 0.353. The largest absolute Gasteiger partial charge is 0.486 e. The Morgan fingerprint density at radius 1 is 0.370 bits per heavy atom. The summed E-state index contributed by atoms with van der Waals surface area (Å²) in [7, 11) is -5.95. The van der Waals surface area contributed by atoms with Gasteiger partial charge in [-0.25, -0.2) is 0 Å². The Bertz CT molecular complexity index is 1970. The maximum Gasteiger partial charge on any atom is 0.237 e. The summed E-state index contributed by atoms with van der Waals surface area (Å²) >= 11 is 0. The van der Waals surface area contributed by atoms with Crippen LogP contribution in [0, 0.1) is 9.81 Å². The molecule has 0 N–H and O–H groups in total. The maximum absolute atomic E-state index is 14.2. The molecule has 0 spiro atoms. The van der Waals surface area contributed by atoms with Crippen LogP contribution in [0.3, 0.4) is 0 Å². The lowest BCUT2D eigenvalue weighted by molar-refractivity contribution is 0.171. The van der Waals surface area contributed by atoms with Crippen LogP contribution in [0.4, 0.5) is 0 Å². The van der Waals surface area contributed by atoms with Crippen LogP contribution in [0.5, 0.6) is 11.5 Å². The monoisotopic (exact) mass is 744 g/mol. The maximum atomic E-state index is 14.2. The molecular formula is C46H38N2O4P2+2. The van der Waals surface area contributed by atoms with E-state index in [1.807, 2.05) is 121 Å². The van der Waals surface area contributed by atoms with Gasteiger partial charge in [0.05, 0.1) is 0 Å². The number of rotatable bonds is 12. The third kappa shape index (κ3) is 6.02. The fourth-order valence-electron chi connectivity index (χ4n) is 7.96. The van der Waals surface area contributed by atoms with Gasteiger partial charge in [0, 0.05) is 11.1 Å². The first-order valence-electron chi connectivity index (χ1n) is 17.9. The fourth-order valence-corrected chi connectivity index (χ4v) is 16.9. The van der Waals surface area contributed by atoms with Gasteiger partial charge in [0.2, 0.25) is 11.6 Å². The van der Waals surface area contributed by atoms with Gasteiger partial charge in [-0.3, -0.25) is 0 Å². The molecule has 54 heavy (non-hydrogen) atoms. The smallest absolute Gasteiger partial charge is 0.237 e. The summed E-state index contributed by atoms with van der Waals surface area (Å²) in [5, 5.41) is 14.2. The first-order chi connectivity index (χ1) is 26.7. The molecule has 7 aromatic carbocycles. The predicted molar refractivity (Wildman–Crippen MR) is 225 cm³/mol. The normalized spacial score (nSPS) is 13.7. The second-order valence-corrected chi connectivity index (χ2v) is 20.0. The summed E-state index contributed by atoms with van der Waals surface area (Å²) in [5.41, 5.74) is 1.19. The molecule has 1 heterocycles. The van der Waals surface area contributed by atoms with E-state index in [0.29, 0.717) is 35.8 Å². The predicted octanol–water partition coefficient (Wildman–Crippen LogP) is 8.98. The molecule has 0 aromatic heterocycles. The molecule has 264 valence electrons. The van der Waals surface area contributed by atoms with Gasteiger partial charge >= 0.3 is 0 Å². The zero-order valence-corrected chi connectivity index (χ0v) is 31.3. The van der Waals surface area contributed by atoms with E-state index in [9.17, 15) is 9.81 Å². The molecule has 0 saturated carbocycles. The molecule has 1 aliphatic heterocycles. The van der Waals surface area contributed by atoms with Gasteiger partial charge in [-0.2, -0.15) is 0 Å². The molecule has 8 rings (SSSR count). The van der Waals surface area contributed by atoms with Crippen molar-refractivity contribution in [2.75, 3.05) is 13.2 Å². The topological polar surface area (TPSA) is 77.3 Å². The van der Waals surface area contributed by atoms with Gasteiger partial charge in [-0.05, 0) is 95.3 Å². The number of hydrogen-bond acceptors (Lipinski definition) is 6. The van der Waals surface area contributed by atoms with Crippen molar-refractivity contribution in [1.82, 2.24) is 0 Å². The van der Waals surface area contributed by atoms with E-state index in [2.05, 4.69) is 83.2 Å². The Labute approximate surface area is 316 Å². The molecule has 8 heteroatoms. The number of nitrogens with zero attached hydrogens (tertiary/aromatic N) is 2. The minimum atomic E-state index is -2.97. The lowest BCUT2D eigenvalue weighted by Gasteiger charge is -2.35. The van der Waals surface area contributed by atoms with E-state index < -0.39 is 26.1 Å². The van der Waals surface area contributed by atoms with E-state index >= 15 is 0 Å². The average Bonchev–Trinajstić information content (AvgIpc) is 3.26. The van der Waals surface area contributed by atoms with Crippen molar-refractivity contribution in [1.29, 1.82) is 0 Å². The molecule has 0 amide bonds. The molecule has 0 bridgehead atoms. The summed E-state index contributed by atoms with van der Waals surface area (Å²) in [6.07, 6.45) is 0. The van der Waals surface area contributed by atoms with Crippen LogP contribution in [0.1, 0.15) is 22.7 Å². The number of fused-ring (bicyclic) bond motifs is 1. The standard InChI is InChI=1S/C46H38N2O4P2/c49-47-45(53(35-19-7-1-8-20-35,36-21-9-2-10-22-36)37-23-11-3-12-24-37)41-33-43-44(52-32-31-51-43)34-42(41)46(48-50)54(38-25-13-4-14-26-38,39-27-15-5-16-28-39)40-29-17-6-18-30-40/h1-30,33-34,45-46H,31-32H2/q+2. The van der Waals surface area contributed by atoms with Crippen LogP contribution < -0.4 is 41.3 Å². The van der Waals surface area contributed by atoms with Crippen molar-refractivity contribution in [3.8, 4) is 11.5 Å². The Hall–Kier alpha value is -5.80. The molecule has 0 fully saturated rings. The fraction of sp³-hybridized carbons (Fsp3) is 0.0870.